The molecule has 0 aromatic heterocycles. The van der Waals surface area contributed by atoms with Gasteiger partial charge in [0.2, 0.25) is 5.91 Å². The van der Waals surface area contributed by atoms with E-state index in [1.165, 1.54) is 18.2 Å². The van der Waals surface area contributed by atoms with Crippen LogP contribution in [0.15, 0.2) is 42.5 Å². The number of aromatic hydroxyl groups is 1. The van der Waals surface area contributed by atoms with Crippen molar-refractivity contribution in [2.75, 3.05) is 5.32 Å². The molecule has 0 fully saturated rings. The smallest absolute Gasteiger partial charge is 0.303 e. The third kappa shape index (κ3) is 5.15. The first-order valence-electron chi connectivity index (χ1n) is 7.11. The minimum absolute atomic E-state index is 0.0456. The zero-order valence-corrected chi connectivity index (χ0v) is 14.0. The Kier molecular flexibility index (Phi) is 6.06. The number of benzene rings is 2. The Bertz CT molecular complexity index is 747. The third-order valence-corrected chi connectivity index (χ3v) is 3.92. The van der Waals surface area contributed by atoms with Gasteiger partial charge in [-0.2, -0.15) is 0 Å². The molecule has 1 amide bonds. The summed E-state index contributed by atoms with van der Waals surface area (Å²) in [5.74, 6) is -2.07. The number of carboxylic acids is 1. The Hall–Kier alpha value is -2.24. The summed E-state index contributed by atoms with van der Waals surface area (Å²) in [5.41, 5.74) is 0.923. The average molecular weight is 368 g/mol. The number of halogens is 2. The van der Waals surface area contributed by atoms with Crippen LogP contribution in [0.5, 0.6) is 5.75 Å². The van der Waals surface area contributed by atoms with E-state index in [1.807, 2.05) is 0 Å². The fourth-order valence-corrected chi connectivity index (χ4v) is 2.58. The maximum Gasteiger partial charge on any atom is 0.303 e. The summed E-state index contributed by atoms with van der Waals surface area (Å²) >= 11 is 11.6. The monoisotopic (exact) mass is 367 g/mol. The van der Waals surface area contributed by atoms with Crippen LogP contribution in [-0.2, 0) is 9.59 Å². The predicted molar refractivity (Wildman–Crippen MR) is 92.8 cm³/mol. The lowest BCUT2D eigenvalue weighted by molar-refractivity contribution is -0.137. The lowest BCUT2D eigenvalue weighted by Gasteiger charge is -2.16. The van der Waals surface area contributed by atoms with Crippen LogP contribution in [0.3, 0.4) is 0 Å². The van der Waals surface area contributed by atoms with Crippen molar-refractivity contribution in [3.8, 4) is 5.75 Å². The maximum atomic E-state index is 12.2. The van der Waals surface area contributed by atoms with Gasteiger partial charge in [0, 0.05) is 28.5 Å². The number of aliphatic carboxylic acids is 1. The molecule has 0 heterocycles. The molecule has 0 aliphatic rings. The molecule has 3 N–H and O–H groups in total. The van der Waals surface area contributed by atoms with Gasteiger partial charge in [-0.15, -0.1) is 0 Å². The molecule has 5 nitrogen and oxygen atoms in total. The first-order chi connectivity index (χ1) is 11.3. The van der Waals surface area contributed by atoms with Crippen molar-refractivity contribution in [3.05, 3.63) is 58.1 Å². The molecule has 0 aliphatic carbocycles. The van der Waals surface area contributed by atoms with Crippen molar-refractivity contribution in [2.45, 2.75) is 18.8 Å². The van der Waals surface area contributed by atoms with E-state index in [2.05, 4.69) is 5.32 Å². The second-order valence-corrected chi connectivity index (χ2v) is 6.13. The topological polar surface area (TPSA) is 86.6 Å². The van der Waals surface area contributed by atoms with E-state index in [9.17, 15) is 14.7 Å². The number of rotatable bonds is 6. The first kappa shape index (κ1) is 18.1. The van der Waals surface area contributed by atoms with Crippen molar-refractivity contribution in [1.29, 1.82) is 0 Å². The predicted octanol–water partition coefficient (Wildman–Crippen LogP) is 4.29. The van der Waals surface area contributed by atoms with Gasteiger partial charge in [-0.05, 0) is 29.8 Å². The number of nitrogens with one attached hydrogen (secondary N) is 1. The highest BCUT2D eigenvalue weighted by Crippen LogP contribution is 2.29. The van der Waals surface area contributed by atoms with Crippen LogP contribution in [0.1, 0.15) is 24.3 Å². The Labute approximate surface area is 148 Å². The van der Waals surface area contributed by atoms with Crippen LogP contribution >= 0.6 is 23.2 Å². The SMILES string of the molecule is O=C(O)CC(CC(=O)Nc1ccc(Cl)cc1O)c1ccc(Cl)cc1. The number of amides is 1. The minimum atomic E-state index is -1.00. The average Bonchev–Trinajstić information content (AvgIpc) is 2.50. The van der Waals surface area contributed by atoms with Gasteiger partial charge in [-0.25, -0.2) is 0 Å². The fraction of sp³-hybridized carbons (Fsp3) is 0.176. The second-order valence-electron chi connectivity index (χ2n) is 5.26. The molecule has 0 bridgehead atoms. The molecule has 2 aromatic rings. The van der Waals surface area contributed by atoms with Gasteiger partial charge in [0.05, 0.1) is 12.1 Å². The molecule has 2 rings (SSSR count). The number of hydrogen-bond acceptors (Lipinski definition) is 3. The molecule has 0 spiro atoms. The summed E-state index contributed by atoms with van der Waals surface area (Å²) in [6.07, 6.45) is -0.238. The van der Waals surface area contributed by atoms with E-state index in [1.54, 1.807) is 24.3 Å². The van der Waals surface area contributed by atoms with E-state index in [0.29, 0.717) is 15.6 Å². The number of hydrogen-bond donors (Lipinski definition) is 3. The molecule has 24 heavy (non-hydrogen) atoms. The third-order valence-electron chi connectivity index (χ3n) is 3.43. The molecule has 1 unspecified atom stereocenters. The summed E-state index contributed by atoms with van der Waals surface area (Å²) in [5, 5.41) is 22.3. The molecular weight excluding hydrogens is 353 g/mol. The lowest BCUT2D eigenvalue weighted by atomic mass is 9.92. The molecule has 0 saturated carbocycles. The molecule has 7 heteroatoms. The van der Waals surface area contributed by atoms with Gasteiger partial charge in [0.15, 0.2) is 0 Å². The van der Waals surface area contributed by atoms with Crippen molar-refractivity contribution in [3.63, 3.8) is 0 Å². The van der Waals surface area contributed by atoms with Gasteiger partial charge >= 0.3 is 5.97 Å². The van der Waals surface area contributed by atoms with Crippen molar-refractivity contribution in [2.24, 2.45) is 0 Å². The zero-order chi connectivity index (χ0) is 17.7. The largest absolute Gasteiger partial charge is 0.506 e. The van der Waals surface area contributed by atoms with Gasteiger partial charge in [-0.1, -0.05) is 35.3 Å². The summed E-state index contributed by atoms with van der Waals surface area (Å²) in [4.78, 5) is 23.3. The van der Waals surface area contributed by atoms with E-state index >= 15 is 0 Å². The maximum absolute atomic E-state index is 12.2. The van der Waals surface area contributed by atoms with Crippen LogP contribution in [0.4, 0.5) is 5.69 Å². The fourth-order valence-electron chi connectivity index (χ4n) is 2.29. The van der Waals surface area contributed by atoms with Gasteiger partial charge in [0.1, 0.15) is 5.75 Å². The van der Waals surface area contributed by atoms with E-state index < -0.39 is 17.8 Å². The molecule has 1 atom stereocenters. The van der Waals surface area contributed by atoms with E-state index in [-0.39, 0.29) is 24.3 Å². The van der Waals surface area contributed by atoms with E-state index in [0.717, 1.165) is 0 Å². The van der Waals surface area contributed by atoms with Gasteiger partial charge in [0.25, 0.3) is 0 Å². The quantitative estimate of drug-likeness (QED) is 0.664. The molecule has 2 aromatic carbocycles. The van der Waals surface area contributed by atoms with Gasteiger partial charge in [-0.3, -0.25) is 9.59 Å². The van der Waals surface area contributed by atoms with Crippen LogP contribution < -0.4 is 5.32 Å². The van der Waals surface area contributed by atoms with Crippen molar-refractivity contribution in [1.82, 2.24) is 0 Å². The highest BCUT2D eigenvalue weighted by Gasteiger charge is 2.20. The summed E-state index contributed by atoms with van der Waals surface area (Å²) < 4.78 is 0. The lowest BCUT2D eigenvalue weighted by Crippen LogP contribution is -2.17. The van der Waals surface area contributed by atoms with Crippen molar-refractivity contribution >= 4 is 40.8 Å². The highest BCUT2D eigenvalue weighted by molar-refractivity contribution is 6.31. The Balaban J connectivity index is 2.12. The molecule has 126 valence electrons. The Morgan fingerprint density at radius 1 is 1.00 bits per heavy atom. The molecule has 0 radical (unpaired) electrons. The van der Waals surface area contributed by atoms with Crippen LogP contribution in [0.2, 0.25) is 10.0 Å². The number of phenols is 1. The first-order valence-corrected chi connectivity index (χ1v) is 7.86. The summed E-state index contributed by atoms with van der Waals surface area (Å²) in [6.45, 7) is 0. The normalized spacial score (nSPS) is 11.8. The van der Waals surface area contributed by atoms with Crippen LogP contribution in [0, 0.1) is 0 Å². The zero-order valence-electron chi connectivity index (χ0n) is 12.5. The number of carbonyl (C=O) groups is 2. The van der Waals surface area contributed by atoms with Crippen molar-refractivity contribution < 1.29 is 19.8 Å². The summed E-state index contributed by atoms with van der Waals surface area (Å²) in [7, 11) is 0. The van der Waals surface area contributed by atoms with E-state index in [4.69, 9.17) is 28.3 Å². The summed E-state index contributed by atoms with van der Waals surface area (Å²) in [6, 6.07) is 11.0. The minimum Gasteiger partial charge on any atom is -0.506 e. The number of carbonyl (C=O) groups excluding carboxylic acids is 1. The number of carboxylic acid groups (broad SMARTS) is 1. The van der Waals surface area contributed by atoms with Crippen LogP contribution in [0.25, 0.3) is 0 Å². The molecule has 0 aliphatic heterocycles. The van der Waals surface area contributed by atoms with Crippen LogP contribution in [-0.4, -0.2) is 22.1 Å². The molecular formula is C17H15Cl2NO4. The second kappa shape index (κ2) is 8.04. The standard InChI is InChI=1S/C17H15Cl2NO4/c18-12-3-1-10(2-4-12)11(8-17(23)24)7-16(22)20-14-6-5-13(19)9-15(14)21/h1-6,9,11,21H,7-8H2,(H,20,22)(H,23,24). The molecule has 0 saturated heterocycles. The van der Waals surface area contributed by atoms with Gasteiger partial charge < -0.3 is 15.5 Å². The Morgan fingerprint density at radius 2 is 1.62 bits per heavy atom. The number of anilines is 1. The Morgan fingerprint density at radius 3 is 2.21 bits per heavy atom. The highest BCUT2D eigenvalue weighted by atomic mass is 35.5. The number of phenolic OH excluding ortho intramolecular Hbond substituents is 1.